The van der Waals surface area contributed by atoms with Crippen LogP contribution < -0.4 is 10.1 Å². The molecule has 0 spiro atoms. The molecule has 27 heavy (non-hydrogen) atoms. The van der Waals surface area contributed by atoms with Gasteiger partial charge in [-0.25, -0.2) is 8.42 Å². The lowest BCUT2D eigenvalue weighted by atomic mass is 10.2. The standard InChI is InChI=1S/C20H24N2O4S/c1-15(2)26-18-7-5-6-17(14-18)21-20(23)16-8-10-19(11-9-16)27(24,25)22-12-3-4-13-22/h5-11,14-15H,3-4,12-13H2,1-2H3,(H,21,23). The van der Waals surface area contributed by atoms with Crippen LogP contribution in [-0.4, -0.2) is 37.8 Å². The van der Waals surface area contributed by atoms with E-state index in [0.29, 0.717) is 30.1 Å². The zero-order chi connectivity index (χ0) is 19.4. The van der Waals surface area contributed by atoms with Crippen LogP contribution in [0.5, 0.6) is 5.75 Å². The second kappa shape index (κ2) is 8.10. The summed E-state index contributed by atoms with van der Waals surface area (Å²) in [7, 11) is -3.47. The van der Waals surface area contributed by atoms with Crippen molar-refractivity contribution in [2.75, 3.05) is 18.4 Å². The molecule has 2 aromatic rings. The predicted molar refractivity (Wildman–Crippen MR) is 105 cm³/mol. The molecular weight excluding hydrogens is 364 g/mol. The maximum absolute atomic E-state index is 12.5. The Kier molecular flexibility index (Phi) is 5.82. The van der Waals surface area contributed by atoms with Crippen molar-refractivity contribution in [3.8, 4) is 5.75 Å². The van der Waals surface area contributed by atoms with E-state index in [1.54, 1.807) is 18.2 Å². The van der Waals surface area contributed by atoms with Crippen LogP contribution in [0, 0.1) is 0 Å². The molecule has 1 fully saturated rings. The van der Waals surface area contributed by atoms with Gasteiger partial charge in [-0.15, -0.1) is 0 Å². The second-order valence-electron chi connectivity index (χ2n) is 6.78. The molecule has 7 heteroatoms. The van der Waals surface area contributed by atoms with Crippen LogP contribution in [0.25, 0.3) is 0 Å². The highest BCUT2D eigenvalue weighted by Gasteiger charge is 2.27. The highest BCUT2D eigenvalue weighted by Crippen LogP contribution is 2.22. The third-order valence-corrected chi connectivity index (χ3v) is 6.20. The van der Waals surface area contributed by atoms with Crippen molar-refractivity contribution in [1.82, 2.24) is 4.31 Å². The topological polar surface area (TPSA) is 75.7 Å². The Labute approximate surface area is 160 Å². The molecule has 2 aromatic carbocycles. The molecule has 1 saturated heterocycles. The third-order valence-electron chi connectivity index (χ3n) is 4.28. The van der Waals surface area contributed by atoms with Crippen LogP contribution in [0.4, 0.5) is 5.69 Å². The number of hydrogen-bond acceptors (Lipinski definition) is 4. The van der Waals surface area contributed by atoms with Crippen LogP contribution >= 0.6 is 0 Å². The summed E-state index contributed by atoms with van der Waals surface area (Å²) in [4.78, 5) is 12.7. The zero-order valence-corrected chi connectivity index (χ0v) is 16.3. The molecular formula is C20H24N2O4S. The van der Waals surface area contributed by atoms with Crippen LogP contribution in [0.3, 0.4) is 0 Å². The molecule has 0 saturated carbocycles. The molecule has 144 valence electrons. The monoisotopic (exact) mass is 388 g/mol. The number of nitrogens with one attached hydrogen (secondary N) is 1. The van der Waals surface area contributed by atoms with E-state index >= 15 is 0 Å². The van der Waals surface area contributed by atoms with Crippen molar-refractivity contribution in [1.29, 1.82) is 0 Å². The summed E-state index contributed by atoms with van der Waals surface area (Å²) in [5.74, 6) is 0.372. The predicted octanol–water partition coefficient (Wildman–Crippen LogP) is 3.51. The van der Waals surface area contributed by atoms with Crippen molar-refractivity contribution in [3.05, 3.63) is 54.1 Å². The minimum Gasteiger partial charge on any atom is -0.491 e. The van der Waals surface area contributed by atoms with Crippen LogP contribution in [0.2, 0.25) is 0 Å². The summed E-state index contributed by atoms with van der Waals surface area (Å²) >= 11 is 0. The summed E-state index contributed by atoms with van der Waals surface area (Å²) in [6.07, 6.45) is 1.82. The van der Waals surface area contributed by atoms with E-state index in [1.807, 2.05) is 19.9 Å². The summed E-state index contributed by atoms with van der Waals surface area (Å²) in [5.41, 5.74) is 1.01. The fourth-order valence-electron chi connectivity index (χ4n) is 2.98. The van der Waals surface area contributed by atoms with Gasteiger partial charge in [0.05, 0.1) is 11.0 Å². The minimum absolute atomic E-state index is 0.0426. The second-order valence-corrected chi connectivity index (χ2v) is 8.72. The van der Waals surface area contributed by atoms with Gasteiger partial charge in [0, 0.05) is 30.4 Å². The first kappa shape index (κ1) is 19.4. The maximum Gasteiger partial charge on any atom is 0.255 e. The van der Waals surface area contributed by atoms with Gasteiger partial charge >= 0.3 is 0 Å². The van der Waals surface area contributed by atoms with Crippen molar-refractivity contribution >= 4 is 21.6 Å². The number of ether oxygens (including phenoxy) is 1. The molecule has 3 rings (SSSR count). The van der Waals surface area contributed by atoms with Crippen molar-refractivity contribution in [2.24, 2.45) is 0 Å². The highest BCUT2D eigenvalue weighted by atomic mass is 32.2. The average molecular weight is 388 g/mol. The molecule has 0 radical (unpaired) electrons. The first-order chi connectivity index (χ1) is 12.9. The lowest BCUT2D eigenvalue weighted by Crippen LogP contribution is -2.27. The first-order valence-corrected chi connectivity index (χ1v) is 10.5. The molecule has 0 aromatic heterocycles. The van der Waals surface area contributed by atoms with E-state index < -0.39 is 10.0 Å². The number of anilines is 1. The van der Waals surface area contributed by atoms with Gasteiger partial charge in [-0.05, 0) is 63.1 Å². The van der Waals surface area contributed by atoms with Crippen molar-refractivity contribution in [3.63, 3.8) is 0 Å². The third kappa shape index (κ3) is 4.67. The summed E-state index contributed by atoms with van der Waals surface area (Å²) < 4.78 is 32.2. The van der Waals surface area contributed by atoms with E-state index in [2.05, 4.69) is 5.32 Å². The van der Waals surface area contributed by atoms with Gasteiger partial charge in [0.1, 0.15) is 5.75 Å². The van der Waals surface area contributed by atoms with Gasteiger partial charge in [-0.1, -0.05) is 6.07 Å². The Morgan fingerprint density at radius 2 is 1.74 bits per heavy atom. The molecule has 1 aliphatic rings. The van der Waals surface area contributed by atoms with E-state index in [4.69, 9.17) is 4.74 Å². The Bertz CT molecular complexity index is 902. The molecule has 1 amide bonds. The first-order valence-electron chi connectivity index (χ1n) is 9.04. The fraction of sp³-hybridized carbons (Fsp3) is 0.350. The normalized spacial score (nSPS) is 15.1. The van der Waals surface area contributed by atoms with Gasteiger partial charge in [0.15, 0.2) is 0 Å². The average Bonchev–Trinajstić information content (AvgIpc) is 3.17. The van der Waals surface area contributed by atoms with Crippen LogP contribution in [0.1, 0.15) is 37.0 Å². The Morgan fingerprint density at radius 1 is 1.07 bits per heavy atom. The molecule has 1 N–H and O–H groups in total. The molecule has 6 nitrogen and oxygen atoms in total. The maximum atomic E-state index is 12.5. The number of carbonyl (C=O) groups is 1. The molecule has 0 unspecified atom stereocenters. The quantitative estimate of drug-likeness (QED) is 0.822. The van der Waals surface area contributed by atoms with E-state index in [-0.39, 0.29) is 16.9 Å². The van der Waals surface area contributed by atoms with Crippen LogP contribution in [-0.2, 0) is 10.0 Å². The van der Waals surface area contributed by atoms with E-state index in [9.17, 15) is 13.2 Å². The van der Waals surface area contributed by atoms with E-state index in [0.717, 1.165) is 12.8 Å². The number of carbonyl (C=O) groups excluding carboxylic acids is 1. The summed E-state index contributed by atoms with van der Waals surface area (Å²) in [6, 6.07) is 13.2. The molecule has 1 aliphatic heterocycles. The molecule has 0 bridgehead atoms. The van der Waals surface area contributed by atoms with Gasteiger partial charge in [-0.2, -0.15) is 4.31 Å². The number of amides is 1. The van der Waals surface area contributed by atoms with Gasteiger partial charge in [0.25, 0.3) is 5.91 Å². The lowest BCUT2D eigenvalue weighted by molar-refractivity contribution is 0.102. The number of rotatable bonds is 6. The Balaban J connectivity index is 1.71. The van der Waals surface area contributed by atoms with Gasteiger partial charge in [-0.3, -0.25) is 4.79 Å². The summed E-state index contributed by atoms with van der Waals surface area (Å²) in [5, 5.41) is 2.81. The summed E-state index contributed by atoms with van der Waals surface area (Å²) in [6.45, 7) is 4.98. The highest BCUT2D eigenvalue weighted by molar-refractivity contribution is 7.89. The number of hydrogen-bond donors (Lipinski definition) is 1. The van der Waals surface area contributed by atoms with Gasteiger partial charge < -0.3 is 10.1 Å². The number of nitrogens with zero attached hydrogens (tertiary/aromatic N) is 1. The Morgan fingerprint density at radius 3 is 2.37 bits per heavy atom. The van der Waals surface area contributed by atoms with Crippen molar-refractivity contribution < 1.29 is 17.9 Å². The zero-order valence-electron chi connectivity index (χ0n) is 15.5. The SMILES string of the molecule is CC(C)Oc1cccc(NC(=O)c2ccc(S(=O)(=O)N3CCCC3)cc2)c1. The fourth-order valence-corrected chi connectivity index (χ4v) is 4.50. The number of benzene rings is 2. The minimum atomic E-state index is -3.47. The van der Waals surface area contributed by atoms with Crippen LogP contribution in [0.15, 0.2) is 53.4 Å². The molecule has 0 atom stereocenters. The number of sulfonamides is 1. The van der Waals surface area contributed by atoms with Crippen molar-refractivity contribution in [2.45, 2.75) is 37.7 Å². The smallest absolute Gasteiger partial charge is 0.255 e. The molecule has 0 aliphatic carbocycles. The molecule has 1 heterocycles. The lowest BCUT2D eigenvalue weighted by Gasteiger charge is -2.15. The Hall–Kier alpha value is -2.38. The largest absolute Gasteiger partial charge is 0.491 e. The van der Waals surface area contributed by atoms with E-state index in [1.165, 1.54) is 28.6 Å². The van der Waals surface area contributed by atoms with Gasteiger partial charge in [0.2, 0.25) is 10.0 Å².